The van der Waals surface area contributed by atoms with E-state index in [4.69, 9.17) is 16.3 Å². The molecule has 19 heavy (non-hydrogen) atoms. The zero-order valence-electron chi connectivity index (χ0n) is 9.88. The summed E-state index contributed by atoms with van der Waals surface area (Å²) in [6, 6.07) is 14.9. The van der Waals surface area contributed by atoms with Gasteiger partial charge < -0.3 is 4.74 Å². The molecular weight excluding hydrogens is 262 g/mol. The minimum atomic E-state index is 0.689. The fourth-order valence-corrected chi connectivity index (χ4v) is 1.80. The van der Waals surface area contributed by atoms with Gasteiger partial charge in [0.15, 0.2) is 0 Å². The molecule has 0 amide bonds. The standard InChI is InChI=1S/C14H10ClN3O/c15-11-3-7-13(8-4-11)19-12-5-1-10(2-6-12)14-9-16-18-17-14/h1-9H,(H,16,17,18). The number of benzene rings is 2. The van der Waals surface area contributed by atoms with Gasteiger partial charge in [-0.1, -0.05) is 11.6 Å². The van der Waals surface area contributed by atoms with Crippen molar-refractivity contribution in [1.82, 2.24) is 15.4 Å². The molecule has 0 spiro atoms. The Hall–Kier alpha value is -2.33. The molecule has 3 rings (SSSR count). The third-order valence-electron chi connectivity index (χ3n) is 2.61. The Balaban J connectivity index is 1.77. The number of halogens is 1. The molecule has 2 aromatic carbocycles. The number of aromatic nitrogens is 3. The number of rotatable bonds is 3. The summed E-state index contributed by atoms with van der Waals surface area (Å²) in [5.74, 6) is 1.51. The lowest BCUT2D eigenvalue weighted by Crippen LogP contribution is -1.84. The minimum Gasteiger partial charge on any atom is -0.457 e. The summed E-state index contributed by atoms with van der Waals surface area (Å²) in [7, 11) is 0. The Labute approximate surface area is 115 Å². The Kier molecular flexibility index (Phi) is 3.16. The van der Waals surface area contributed by atoms with E-state index in [1.165, 1.54) is 0 Å². The molecular formula is C14H10ClN3O. The number of nitrogens with one attached hydrogen (secondary N) is 1. The van der Waals surface area contributed by atoms with Gasteiger partial charge in [0.25, 0.3) is 0 Å². The van der Waals surface area contributed by atoms with Crippen molar-refractivity contribution in [2.45, 2.75) is 0 Å². The van der Waals surface area contributed by atoms with Crippen molar-refractivity contribution in [3.63, 3.8) is 0 Å². The Bertz CT molecular complexity index is 648. The first-order valence-corrected chi connectivity index (χ1v) is 6.09. The summed E-state index contributed by atoms with van der Waals surface area (Å²) >= 11 is 5.82. The first-order chi connectivity index (χ1) is 9.31. The van der Waals surface area contributed by atoms with Gasteiger partial charge in [-0.05, 0) is 48.5 Å². The third kappa shape index (κ3) is 2.74. The summed E-state index contributed by atoms with van der Waals surface area (Å²) in [5, 5.41) is 11.1. The molecule has 0 unspecified atom stereocenters. The van der Waals surface area contributed by atoms with Crippen LogP contribution in [0.25, 0.3) is 11.3 Å². The van der Waals surface area contributed by atoms with Crippen molar-refractivity contribution in [3.8, 4) is 22.8 Å². The summed E-state index contributed by atoms with van der Waals surface area (Å²) in [4.78, 5) is 0. The zero-order valence-corrected chi connectivity index (χ0v) is 10.6. The van der Waals surface area contributed by atoms with Crippen molar-refractivity contribution in [2.24, 2.45) is 0 Å². The fourth-order valence-electron chi connectivity index (χ4n) is 1.67. The van der Waals surface area contributed by atoms with Gasteiger partial charge in [-0.3, -0.25) is 0 Å². The number of hydrogen-bond acceptors (Lipinski definition) is 3. The second-order valence-electron chi connectivity index (χ2n) is 3.94. The van der Waals surface area contributed by atoms with E-state index >= 15 is 0 Å². The van der Waals surface area contributed by atoms with Crippen molar-refractivity contribution in [3.05, 3.63) is 59.8 Å². The summed E-state index contributed by atoms with van der Waals surface area (Å²) in [5.41, 5.74) is 1.79. The summed E-state index contributed by atoms with van der Waals surface area (Å²) < 4.78 is 5.70. The van der Waals surface area contributed by atoms with Crippen LogP contribution in [-0.4, -0.2) is 15.4 Å². The van der Waals surface area contributed by atoms with E-state index in [9.17, 15) is 0 Å². The highest BCUT2D eigenvalue weighted by molar-refractivity contribution is 6.30. The third-order valence-corrected chi connectivity index (χ3v) is 2.87. The zero-order chi connectivity index (χ0) is 13.1. The predicted molar refractivity (Wildman–Crippen MR) is 73.3 cm³/mol. The fraction of sp³-hybridized carbons (Fsp3) is 0. The van der Waals surface area contributed by atoms with Crippen LogP contribution in [0, 0.1) is 0 Å². The molecule has 5 heteroatoms. The quantitative estimate of drug-likeness (QED) is 0.785. The monoisotopic (exact) mass is 271 g/mol. The SMILES string of the molecule is Clc1ccc(Oc2ccc(-c3cn[nH]n3)cc2)cc1. The minimum absolute atomic E-state index is 0.689. The van der Waals surface area contributed by atoms with E-state index in [-0.39, 0.29) is 0 Å². The molecule has 1 aromatic heterocycles. The van der Waals surface area contributed by atoms with Gasteiger partial charge in [0.1, 0.15) is 17.2 Å². The maximum absolute atomic E-state index is 5.82. The lowest BCUT2D eigenvalue weighted by molar-refractivity contribution is 0.483. The van der Waals surface area contributed by atoms with E-state index in [0.717, 1.165) is 22.8 Å². The Morgan fingerprint density at radius 2 is 1.53 bits per heavy atom. The van der Waals surface area contributed by atoms with Crippen LogP contribution in [0.5, 0.6) is 11.5 Å². The topological polar surface area (TPSA) is 50.8 Å². The molecule has 3 aromatic rings. The van der Waals surface area contributed by atoms with Crippen molar-refractivity contribution in [1.29, 1.82) is 0 Å². The van der Waals surface area contributed by atoms with Crippen LogP contribution in [-0.2, 0) is 0 Å². The molecule has 0 aliphatic rings. The highest BCUT2D eigenvalue weighted by Gasteiger charge is 2.02. The highest BCUT2D eigenvalue weighted by atomic mass is 35.5. The van der Waals surface area contributed by atoms with Crippen LogP contribution in [0.3, 0.4) is 0 Å². The highest BCUT2D eigenvalue weighted by Crippen LogP contribution is 2.25. The molecule has 94 valence electrons. The van der Waals surface area contributed by atoms with Crippen molar-refractivity contribution < 1.29 is 4.74 Å². The van der Waals surface area contributed by atoms with Crippen LogP contribution in [0.15, 0.2) is 54.7 Å². The molecule has 0 fully saturated rings. The lowest BCUT2D eigenvalue weighted by Gasteiger charge is -2.06. The van der Waals surface area contributed by atoms with Gasteiger partial charge in [0.05, 0.1) is 6.20 Å². The molecule has 0 aliphatic carbocycles. The average Bonchev–Trinajstić information content (AvgIpc) is 2.96. The predicted octanol–water partition coefficient (Wildman–Crippen LogP) is 3.92. The van der Waals surface area contributed by atoms with E-state index in [0.29, 0.717) is 5.02 Å². The number of aromatic amines is 1. The van der Waals surface area contributed by atoms with Gasteiger partial charge in [0.2, 0.25) is 0 Å². The van der Waals surface area contributed by atoms with Gasteiger partial charge in [-0.2, -0.15) is 15.4 Å². The second kappa shape index (κ2) is 5.12. The van der Waals surface area contributed by atoms with Gasteiger partial charge in [-0.25, -0.2) is 0 Å². The van der Waals surface area contributed by atoms with Crippen molar-refractivity contribution in [2.75, 3.05) is 0 Å². The molecule has 0 radical (unpaired) electrons. The van der Waals surface area contributed by atoms with E-state index in [2.05, 4.69) is 15.4 Å². The van der Waals surface area contributed by atoms with Gasteiger partial charge in [-0.15, -0.1) is 0 Å². The Morgan fingerprint density at radius 3 is 2.11 bits per heavy atom. The lowest BCUT2D eigenvalue weighted by atomic mass is 10.2. The molecule has 1 N–H and O–H groups in total. The van der Waals surface area contributed by atoms with Crippen molar-refractivity contribution >= 4 is 11.6 Å². The first-order valence-electron chi connectivity index (χ1n) is 5.71. The first kappa shape index (κ1) is 11.7. The molecule has 0 bridgehead atoms. The molecule has 0 saturated carbocycles. The number of ether oxygens (including phenoxy) is 1. The molecule has 0 aliphatic heterocycles. The molecule has 4 nitrogen and oxygen atoms in total. The largest absolute Gasteiger partial charge is 0.457 e. The van der Waals surface area contributed by atoms with Crippen LogP contribution < -0.4 is 4.74 Å². The van der Waals surface area contributed by atoms with E-state index in [1.807, 2.05) is 36.4 Å². The maximum Gasteiger partial charge on any atom is 0.127 e. The van der Waals surface area contributed by atoms with Crippen LogP contribution in [0.2, 0.25) is 5.02 Å². The normalized spacial score (nSPS) is 10.4. The summed E-state index contributed by atoms with van der Waals surface area (Å²) in [6.07, 6.45) is 1.68. The van der Waals surface area contributed by atoms with Crippen LogP contribution in [0.4, 0.5) is 0 Å². The number of hydrogen-bond donors (Lipinski definition) is 1. The maximum atomic E-state index is 5.82. The van der Waals surface area contributed by atoms with Gasteiger partial charge >= 0.3 is 0 Å². The smallest absolute Gasteiger partial charge is 0.127 e. The second-order valence-corrected chi connectivity index (χ2v) is 4.37. The number of H-pyrrole nitrogens is 1. The summed E-state index contributed by atoms with van der Waals surface area (Å²) in [6.45, 7) is 0. The molecule has 0 saturated heterocycles. The average molecular weight is 272 g/mol. The van der Waals surface area contributed by atoms with Crippen LogP contribution >= 0.6 is 11.6 Å². The number of nitrogens with zero attached hydrogens (tertiary/aromatic N) is 2. The van der Waals surface area contributed by atoms with E-state index < -0.39 is 0 Å². The van der Waals surface area contributed by atoms with Gasteiger partial charge in [0, 0.05) is 10.6 Å². The molecule has 0 atom stereocenters. The Morgan fingerprint density at radius 1 is 0.895 bits per heavy atom. The molecule has 1 heterocycles. The van der Waals surface area contributed by atoms with Crippen LogP contribution in [0.1, 0.15) is 0 Å². The van der Waals surface area contributed by atoms with E-state index in [1.54, 1.807) is 18.3 Å².